The zero-order valence-corrected chi connectivity index (χ0v) is 21.1. The maximum atomic E-state index is 10.3. The second-order valence-electron chi connectivity index (χ2n) is 7.74. The number of nitrogens with one attached hydrogen (secondary N) is 1. The number of aliphatic hydroxyl groups is 1. The van der Waals surface area contributed by atoms with Crippen molar-refractivity contribution in [1.29, 1.82) is 0 Å². The lowest BCUT2D eigenvalue weighted by Crippen LogP contribution is -2.34. The lowest BCUT2D eigenvalue weighted by molar-refractivity contribution is 0.425. The highest BCUT2D eigenvalue weighted by atomic mass is 32.1. The van der Waals surface area contributed by atoms with Gasteiger partial charge in [0, 0.05) is 36.7 Å². The van der Waals surface area contributed by atoms with Crippen LogP contribution in [0.2, 0.25) is 0 Å². The molecule has 1 aromatic rings. The van der Waals surface area contributed by atoms with Crippen molar-refractivity contribution in [3.63, 3.8) is 0 Å². The summed E-state index contributed by atoms with van der Waals surface area (Å²) in [4.78, 5) is 4.05. The highest BCUT2D eigenvalue weighted by molar-refractivity contribution is 7.80. The van der Waals surface area contributed by atoms with E-state index in [2.05, 4.69) is 62.3 Å². The molecule has 0 fully saturated rings. The molecule has 0 saturated carbocycles. The molecule has 0 aliphatic carbocycles. The lowest BCUT2D eigenvalue weighted by Gasteiger charge is -2.24. The molecule has 1 aromatic carbocycles. The van der Waals surface area contributed by atoms with E-state index in [0.29, 0.717) is 10.8 Å². The fraction of sp³-hybridized carbons (Fsp3) is 0.440. The molecular formula is C25H38N4OS. The van der Waals surface area contributed by atoms with Gasteiger partial charge in [-0.15, -0.1) is 0 Å². The van der Waals surface area contributed by atoms with Crippen molar-refractivity contribution in [2.24, 2.45) is 5.10 Å². The fourth-order valence-electron chi connectivity index (χ4n) is 2.84. The van der Waals surface area contributed by atoms with Crippen molar-refractivity contribution in [3.8, 4) is 0 Å². The Balaban J connectivity index is 2.94. The number of allylic oxidation sites excluding steroid dienone is 5. The minimum atomic E-state index is 0.254. The van der Waals surface area contributed by atoms with E-state index >= 15 is 0 Å². The van der Waals surface area contributed by atoms with Crippen LogP contribution in [0, 0.1) is 0 Å². The van der Waals surface area contributed by atoms with Gasteiger partial charge in [-0.05, 0) is 83.1 Å². The van der Waals surface area contributed by atoms with Gasteiger partial charge >= 0.3 is 0 Å². The monoisotopic (exact) mass is 442 g/mol. The first kappa shape index (κ1) is 26.4. The first-order valence-corrected chi connectivity index (χ1v) is 11.2. The highest BCUT2D eigenvalue weighted by Crippen LogP contribution is 2.23. The summed E-state index contributed by atoms with van der Waals surface area (Å²) in [7, 11) is 3.97. The molecule has 0 amide bonds. The van der Waals surface area contributed by atoms with E-state index in [9.17, 15) is 5.11 Å². The molecule has 0 radical (unpaired) electrons. The Morgan fingerprint density at radius 2 is 1.55 bits per heavy atom. The quantitative estimate of drug-likeness (QED) is 0.146. The first-order valence-electron chi connectivity index (χ1n) is 10.8. The molecule has 31 heavy (non-hydrogen) atoms. The van der Waals surface area contributed by atoms with E-state index in [-0.39, 0.29) is 5.76 Å². The van der Waals surface area contributed by atoms with Gasteiger partial charge in [-0.2, -0.15) is 5.10 Å². The summed E-state index contributed by atoms with van der Waals surface area (Å²) < 4.78 is 0. The molecule has 0 heterocycles. The third-order valence-electron chi connectivity index (χ3n) is 5.18. The lowest BCUT2D eigenvalue weighted by atomic mass is 10.1. The minimum Gasteiger partial charge on any atom is -0.508 e. The highest BCUT2D eigenvalue weighted by Gasteiger charge is 2.11. The van der Waals surface area contributed by atoms with Crippen molar-refractivity contribution in [2.75, 3.05) is 23.9 Å². The van der Waals surface area contributed by atoms with Gasteiger partial charge in [-0.3, -0.25) is 5.43 Å². The van der Waals surface area contributed by atoms with Gasteiger partial charge in [0.1, 0.15) is 5.76 Å². The zero-order chi connectivity index (χ0) is 23.6. The molecule has 2 N–H and O–H groups in total. The number of anilines is 2. The molecule has 0 atom stereocenters. The molecule has 1 rings (SSSR count). The summed E-state index contributed by atoms with van der Waals surface area (Å²) in [5.41, 5.74) is 8.99. The average molecular weight is 443 g/mol. The van der Waals surface area contributed by atoms with E-state index in [4.69, 9.17) is 12.2 Å². The van der Waals surface area contributed by atoms with Gasteiger partial charge in [0.2, 0.25) is 0 Å². The van der Waals surface area contributed by atoms with Crippen molar-refractivity contribution >= 4 is 34.4 Å². The van der Waals surface area contributed by atoms with Gasteiger partial charge < -0.3 is 14.9 Å². The third kappa shape index (κ3) is 7.87. The van der Waals surface area contributed by atoms with Crippen LogP contribution in [-0.4, -0.2) is 30.0 Å². The summed E-state index contributed by atoms with van der Waals surface area (Å²) in [5, 5.41) is 15.2. The van der Waals surface area contributed by atoms with Crippen LogP contribution in [0.25, 0.3) is 0 Å². The van der Waals surface area contributed by atoms with E-state index in [1.165, 1.54) is 11.3 Å². The normalized spacial score (nSPS) is 12.5. The molecule has 0 saturated heterocycles. The number of hydrogen-bond acceptors (Lipinski definition) is 4. The largest absolute Gasteiger partial charge is 0.508 e. The van der Waals surface area contributed by atoms with Gasteiger partial charge in [-0.1, -0.05) is 31.9 Å². The van der Waals surface area contributed by atoms with Gasteiger partial charge in [0.05, 0.1) is 5.71 Å². The maximum Gasteiger partial charge on any atom is 0.193 e. The van der Waals surface area contributed by atoms with Crippen LogP contribution in [0.15, 0.2) is 64.1 Å². The van der Waals surface area contributed by atoms with Crippen LogP contribution in [0.4, 0.5) is 11.4 Å². The molecule has 5 nitrogen and oxygen atoms in total. The first-order chi connectivity index (χ1) is 14.6. The molecular weight excluding hydrogens is 404 g/mol. The Bertz CT molecular complexity index is 862. The smallest absolute Gasteiger partial charge is 0.193 e. The molecule has 0 bridgehead atoms. The minimum absolute atomic E-state index is 0.254. The van der Waals surface area contributed by atoms with Crippen LogP contribution >= 0.6 is 12.2 Å². The second kappa shape index (κ2) is 13.0. The van der Waals surface area contributed by atoms with Crippen molar-refractivity contribution in [3.05, 3.63) is 59.0 Å². The maximum absolute atomic E-state index is 10.3. The number of thiocarbonyl (C=S) groups is 1. The van der Waals surface area contributed by atoms with Crippen LogP contribution in [-0.2, 0) is 0 Å². The standard InChI is InChI=1S/C25H38N4OS/c1-9-11-13-23(24(30)12-10-2)19(5)26-27-25(31)29(8)22-16-14-21(15-17-22)28(7)20(6)18(3)4/h12-17,30H,9-11H2,1-8H3,(H,27,31)/b23-13-,24-12+,26-19+. The molecule has 170 valence electrons. The average Bonchev–Trinajstić information content (AvgIpc) is 2.76. The molecule has 0 unspecified atom stereocenters. The number of hydrazone groups is 1. The molecule has 0 aliphatic rings. The summed E-state index contributed by atoms with van der Waals surface area (Å²) in [6.45, 7) is 12.3. The van der Waals surface area contributed by atoms with Crippen LogP contribution in [0.1, 0.15) is 60.8 Å². The van der Waals surface area contributed by atoms with E-state index in [1.54, 1.807) is 6.08 Å². The Morgan fingerprint density at radius 1 is 1.00 bits per heavy atom. The summed E-state index contributed by atoms with van der Waals surface area (Å²) in [6, 6.07) is 8.23. The number of unbranched alkanes of at least 4 members (excludes halogenated alkanes) is 1. The van der Waals surface area contributed by atoms with Crippen molar-refractivity contribution in [1.82, 2.24) is 5.43 Å². The van der Waals surface area contributed by atoms with Gasteiger partial charge in [0.15, 0.2) is 5.11 Å². The summed E-state index contributed by atoms with van der Waals surface area (Å²) >= 11 is 5.52. The third-order valence-corrected chi connectivity index (χ3v) is 5.54. The van der Waals surface area contributed by atoms with E-state index in [1.807, 2.05) is 44.0 Å². The number of rotatable bonds is 9. The Hall–Kier alpha value is -2.60. The van der Waals surface area contributed by atoms with Crippen LogP contribution < -0.4 is 15.2 Å². The summed E-state index contributed by atoms with van der Waals surface area (Å²) in [5.74, 6) is 0.254. The Kier molecular flexibility index (Phi) is 11.0. The number of benzene rings is 1. The van der Waals surface area contributed by atoms with Crippen molar-refractivity contribution < 1.29 is 5.11 Å². The fourth-order valence-corrected chi connectivity index (χ4v) is 2.99. The number of aliphatic hydroxyl groups excluding tert-OH is 1. The molecule has 0 spiro atoms. The van der Waals surface area contributed by atoms with Gasteiger partial charge in [-0.25, -0.2) is 0 Å². The second-order valence-corrected chi connectivity index (χ2v) is 8.12. The predicted octanol–water partition coefficient (Wildman–Crippen LogP) is 6.70. The Labute approximate surface area is 193 Å². The van der Waals surface area contributed by atoms with E-state index in [0.717, 1.165) is 36.2 Å². The number of hydrogen-bond donors (Lipinski definition) is 2. The predicted molar refractivity (Wildman–Crippen MR) is 140 cm³/mol. The van der Waals surface area contributed by atoms with Crippen molar-refractivity contribution in [2.45, 2.75) is 60.8 Å². The van der Waals surface area contributed by atoms with Gasteiger partial charge in [0.25, 0.3) is 0 Å². The summed E-state index contributed by atoms with van der Waals surface area (Å²) in [6.07, 6.45) is 6.44. The van der Waals surface area contributed by atoms with E-state index < -0.39 is 0 Å². The number of nitrogens with zero attached hydrogens (tertiary/aromatic N) is 3. The molecule has 0 aliphatic heterocycles. The topological polar surface area (TPSA) is 51.1 Å². The SMILES string of the molecule is CC\C=C(O)/C(=C\CCC)C(/C)=N/NC(=S)N(C)c1ccc(N(C)C(C)=C(C)C)cc1. The van der Waals surface area contributed by atoms with Crippen LogP contribution in [0.5, 0.6) is 0 Å². The molecule has 0 aromatic heterocycles. The Morgan fingerprint density at radius 3 is 2.03 bits per heavy atom. The zero-order valence-electron chi connectivity index (χ0n) is 20.3. The molecule has 6 heteroatoms. The van der Waals surface area contributed by atoms with Crippen LogP contribution in [0.3, 0.4) is 0 Å².